The predicted molar refractivity (Wildman–Crippen MR) is 78.6 cm³/mol. The van der Waals surface area contributed by atoms with Crippen LogP contribution in [-0.2, 0) is 14.3 Å². The van der Waals surface area contributed by atoms with E-state index in [1.807, 2.05) is 30.3 Å². The van der Waals surface area contributed by atoms with Crippen LogP contribution in [0, 0.1) is 0 Å². The first-order valence-electron chi connectivity index (χ1n) is 7.18. The van der Waals surface area contributed by atoms with Gasteiger partial charge in [0.2, 0.25) is 5.91 Å². The minimum atomic E-state index is -1.05. The average molecular weight is 303 g/mol. The molecule has 0 aliphatic carbocycles. The maximum atomic E-state index is 12.6. The third kappa shape index (κ3) is 2.69. The normalized spacial score (nSPS) is 20.0. The SMILES string of the molecule is C[C@H](C(=O)N1CCO[C@@H](C(=O)O)C1)c1cc2ccccc2o1. The number of morpholine rings is 1. The van der Waals surface area contributed by atoms with E-state index in [0.717, 1.165) is 11.0 Å². The van der Waals surface area contributed by atoms with E-state index < -0.39 is 18.0 Å². The van der Waals surface area contributed by atoms with Crippen molar-refractivity contribution in [1.82, 2.24) is 4.90 Å². The molecule has 1 aromatic heterocycles. The van der Waals surface area contributed by atoms with Crippen LogP contribution >= 0.6 is 0 Å². The standard InChI is InChI=1S/C16H17NO5/c1-10(13-8-11-4-2-3-5-12(11)22-13)15(18)17-6-7-21-14(9-17)16(19)20/h2-5,8,10,14H,6-7,9H2,1H3,(H,19,20)/t10-,14+/m0/s1. The molecule has 0 unspecified atom stereocenters. The quantitative estimate of drug-likeness (QED) is 0.936. The molecule has 1 saturated heterocycles. The first-order chi connectivity index (χ1) is 10.6. The molecule has 0 saturated carbocycles. The van der Waals surface area contributed by atoms with Crippen molar-refractivity contribution in [2.24, 2.45) is 0 Å². The molecule has 1 N–H and O–H groups in total. The van der Waals surface area contributed by atoms with Crippen molar-refractivity contribution in [3.8, 4) is 0 Å². The molecule has 3 rings (SSSR count). The molecule has 2 atom stereocenters. The fraction of sp³-hybridized carbons (Fsp3) is 0.375. The van der Waals surface area contributed by atoms with Crippen molar-refractivity contribution >= 4 is 22.8 Å². The van der Waals surface area contributed by atoms with Gasteiger partial charge < -0.3 is 19.2 Å². The summed E-state index contributed by atoms with van der Waals surface area (Å²) in [6.45, 7) is 2.47. The number of hydrogen-bond donors (Lipinski definition) is 1. The van der Waals surface area contributed by atoms with Gasteiger partial charge in [0, 0.05) is 11.9 Å². The largest absolute Gasteiger partial charge is 0.479 e. The Hall–Kier alpha value is -2.34. The van der Waals surface area contributed by atoms with Crippen molar-refractivity contribution in [2.45, 2.75) is 18.9 Å². The van der Waals surface area contributed by atoms with Crippen molar-refractivity contribution in [3.63, 3.8) is 0 Å². The van der Waals surface area contributed by atoms with Crippen LogP contribution in [0.3, 0.4) is 0 Å². The molecule has 1 aliphatic heterocycles. The van der Waals surface area contributed by atoms with Gasteiger partial charge in [-0.05, 0) is 19.1 Å². The lowest BCUT2D eigenvalue weighted by atomic mass is 10.1. The summed E-state index contributed by atoms with van der Waals surface area (Å²) in [6.07, 6.45) is -0.958. The van der Waals surface area contributed by atoms with Crippen LogP contribution < -0.4 is 0 Å². The van der Waals surface area contributed by atoms with E-state index in [-0.39, 0.29) is 19.1 Å². The average Bonchev–Trinajstić information content (AvgIpc) is 2.97. The lowest BCUT2D eigenvalue weighted by Gasteiger charge is -2.32. The summed E-state index contributed by atoms with van der Waals surface area (Å²) in [6, 6.07) is 9.42. The molecule has 1 amide bonds. The van der Waals surface area contributed by atoms with Gasteiger partial charge in [-0.15, -0.1) is 0 Å². The first-order valence-corrected chi connectivity index (χ1v) is 7.18. The van der Waals surface area contributed by atoms with Crippen molar-refractivity contribution in [3.05, 3.63) is 36.1 Å². The summed E-state index contributed by atoms with van der Waals surface area (Å²) >= 11 is 0. The third-order valence-electron chi connectivity index (χ3n) is 3.90. The fourth-order valence-corrected chi connectivity index (χ4v) is 2.61. The van der Waals surface area contributed by atoms with Gasteiger partial charge in [0.15, 0.2) is 6.10 Å². The molecule has 2 heterocycles. The highest BCUT2D eigenvalue weighted by Gasteiger charge is 2.32. The Bertz CT molecular complexity index is 674. The summed E-state index contributed by atoms with van der Waals surface area (Å²) < 4.78 is 10.9. The Balaban J connectivity index is 1.77. The van der Waals surface area contributed by atoms with Crippen LogP contribution in [0.15, 0.2) is 34.7 Å². The van der Waals surface area contributed by atoms with Gasteiger partial charge in [-0.25, -0.2) is 4.79 Å². The Morgan fingerprint density at radius 2 is 2.14 bits per heavy atom. The monoisotopic (exact) mass is 303 g/mol. The minimum Gasteiger partial charge on any atom is -0.479 e. The van der Waals surface area contributed by atoms with Gasteiger partial charge in [0.1, 0.15) is 11.3 Å². The fourth-order valence-electron chi connectivity index (χ4n) is 2.61. The van der Waals surface area contributed by atoms with Gasteiger partial charge in [-0.1, -0.05) is 18.2 Å². The number of carbonyl (C=O) groups excluding carboxylic acids is 1. The van der Waals surface area contributed by atoms with Crippen LogP contribution in [0.25, 0.3) is 11.0 Å². The van der Waals surface area contributed by atoms with E-state index in [1.54, 1.807) is 6.92 Å². The number of benzene rings is 1. The van der Waals surface area contributed by atoms with Gasteiger partial charge in [-0.2, -0.15) is 0 Å². The summed E-state index contributed by atoms with van der Waals surface area (Å²) in [7, 11) is 0. The van der Waals surface area contributed by atoms with E-state index in [4.69, 9.17) is 14.3 Å². The van der Waals surface area contributed by atoms with Crippen LogP contribution in [-0.4, -0.2) is 47.7 Å². The van der Waals surface area contributed by atoms with Gasteiger partial charge in [0.05, 0.1) is 19.1 Å². The highest BCUT2D eigenvalue weighted by Crippen LogP contribution is 2.26. The van der Waals surface area contributed by atoms with E-state index >= 15 is 0 Å². The molecule has 0 spiro atoms. The molecule has 1 aliphatic rings. The number of fused-ring (bicyclic) bond motifs is 1. The van der Waals surface area contributed by atoms with Crippen molar-refractivity contribution < 1.29 is 23.8 Å². The molecule has 2 aromatic rings. The molecule has 1 fully saturated rings. The summed E-state index contributed by atoms with van der Waals surface area (Å²) in [4.78, 5) is 25.1. The van der Waals surface area contributed by atoms with E-state index in [2.05, 4.69) is 0 Å². The number of carboxylic acids is 1. The zero-order valence-corrected chi connectivity index (χ0v) is 12.2. The van der Waals surface area contributed by atoms with Gasteiger partial charge in [-0.3, -0.25) is 4.79 Å². The Morgan fingerprint density at radius 1 is 1.36 bits per heavy atom. The van der Waals surface area contributed by atoms with E-state index in [0.29, 0.717) is 12.3 Å². The molecular weight excluding hydrogens is 286 g/mol. The van der Waals surface area contributed by atoms with Crippen molar-refractivity contribution in [2.75, 3.05) is 19.7 Å². The lowest BCUT2D eigenvalue weighted by molar-refractivity contribution is -0.159. The number of para-hydroxylation sites is 1. The highest BCUT2D eigenvalue weighted by atomic mass is 16.5. The lowest BCUT2D eigenvalue weighted by Crippen LogP contribution is -2.49. The minimum absolute atomic E-state index is 0.0682. The predicted octanol–water partition coefficient (Wildman–Crippen LogP) is 1.85. The highest BCUT2D eigenvalue weighted by molar-refractivity contribution is 5.86. The zero-order chi connectivity index (χ0) is 15.7. The van der Waals surface area contributed by atoms with Crippen LogP contribution in [0.1, 0.15) is 18.6 Å². The maximum absolute atomic E-state index is 12.6. The number of ether oxygens (including phenoxy) is 1. The number of amides is 1. The Labute approximate surface area is 127 Å². The van der Waals surface area contributed by atoms with E-state index in [1.165, 1.54) is 4.90 Å². The zero-order valence-electron chi connectivity index (χ0n) is 12.2. The molecule has 6 heteroatoms. The number of carbonyl (C=O) groups is 2. The summed E-state index contributed by atoms with van der Waals surface area (Å²) in [5.74, 6) is -1.06. The van der Waals surface area contributed by atoms with Crippen molar-refractivity contribution in [1.29, 1.82) is 0 Å². The molecule has 0 bridgehead atoms. The number of hydrogen-bond acceptors (Lipinski definition) is 4. The molecule has 1 aromatic carbocycles. The maximum Gasteiger partial charge on any atom is 0.334 e. The van der Waals surface area contributed by atoms with Gasteiger partial charge >= 0.3 is 5.97 Å². The molecule has 0 radical (unpaired) electrons. The Morgan fingerprint density at radius 3 is 2.86 bits per heavy atom. The van der Waals surface area contributed by atoms with Crippen LogP contribution in [0.4, 0.5) is 0 Å². The molecule has 22 heavy (non-hydrogen) atoms. The summed E-state index contributed by atoms with van der Waals surface area (Å²) in [5.41, 5.74) is 0.738. The second kappa shape index (κ2) is 5.81. The van der Waals surface area contributed by atoms with Crippen LogP contribution in [0.5, 0.6) is 0 Å². The number of rotatable bonds is 3. The van der Waals surface area contributed by atoms with Gasteiger partial charge in [0.25, 0.3) is 0 Å². The molecular formula is C16H17NO5. The van der Waals surface area contributed by atoms with Crippen LogP contribution in [0.2, 0.25) is 0 Å². The molecule has 6 nitrogen and oxygen atoms in total. The second-order valence-electron chi connectivity index (χ2n) is 5.39. The first kappa shape index (κ1) is 14.6. The number of furan rings is 1. The number of carboxylic acid groups (broad SMARTS) is 1. The molecule has 116 valence electrons. The smallest absolute Gasteiger partial charge is 0.334 e. The number of aliphatic carboxylic acids is 1. The van der Waals surface area contributed by atoms with E-state index in [9.17, 15) is 9.59 Å². The topological polar surface area (TPSA) is 80.0 Å². The third-order valence-corrected chi connectivity index (χ3v) is 3.90. The Kier molecular flexibility index (Phi) is 3.85. The summed E-state index contributed by atoms with van der Waals surface area (Å²) in [5, 5.41) is 9.95. The number of nitrogens with zero attached hydrogens (tertiary/aromatic N) is 1. The second-order valence-corrected chi connectivity index (χ2v) is 5.39.